The van der Waals surface area contributed by atoms with Crippen LogP contribution in [0.5, 0.6) is 0 Å². The molecule has 0 spiro atoms. The minimum atomic E-state index is -0.595. The van der Waals surface area contributed by atoms with Gasteiger partial charge in [-0.25, -0.2) is 14.8 Å². The third-order valence-electron chi connectivity index (χ3n) is 1.96. The van der Waals surface area contributed by atoms with Crippen molar-refractivity contribution >= 4 is 11.9 Å². The Morgan fingerprint density at radius 3 is 3.07 bits per heavy atom. The summed E-state index contributed by atoms with van der Waals surface area (Å²) in [6.45, 7) is 1.91. The number of aromatic nitrogens is 1. The first-order chi connectivity index (χ1) is 7.20. The van der Waals surface area contributed by atoms with Gasteiger partial charge >= 0.3 is 5.97 Å². The molecule has 80 valence electrons. The zero-order valence-corrected chi connectivity index (χ0v) is 8.39. The van der Waals surface area contributed by atoms with Crippen LogP contribution in [-0.2, 0) is 14.3 Å². The maximum Gasteiger partial charge on any atom is 0.334 e. The number of methoxy groups -OCH3 is 1. The number of carbonyl (C=O) groups excluding carboxylic acids is 1. The van der Waals surface area contributed by atoms with Crippen molar-refractivity contribution in [1.29, 1.82) is 0 Å². The molecule has 15 heavy (non-hydrogen) atoms. The van der Waals surface area contributed by atoms with E-state index >= 15 is 0 Å². The second-order valence-corrected chi connectivity index (χ2v) is 3.04. The third kappa shape index (κ3) is 1.83. The highest BCUT2D eigenvalue weighted by Crippen LogP contribution is 2.12. The second kappa shape index (κ2) is 3.72. The summed E-state index contributed by atoms with van der Waals surface area (Å²) < 4.78 is 14.8. The van der Waals surface area contributed by atoms with Gasteiger partial charge in [-0.3, -0.25) is 0 Å². The number of hydrogen-bond acceptors (Lipinski definition) is 6. The fourth-order valence-electron chi connectivity index (χ4n) is 1.23. The second-order valence-electron chi connectivity index (χ2n) is 3.04. The molecule has 1 aromatic rings. The van der Waals surface area contributed by atoms with Gasteiger partial charge in [-0.15, -0.1) is 0 Å². The van der Waals surface area contributed by atoms with Crippen LogP contribution in [0.3, 0.4) is 0 Å². The molecule has 1 atom stereocenters. The average molecular weight is 210 g/mol. The van der Waals surface area contributed by atoms with Gasteiger partial charge in [-0.05, 0) is 0 Å². The van der Waals surface area contributed by atoms with Gasteiger partial charge in [0.2, 0.25) is 5.90 Å². The minimum Gasteiger partial charge on any atom is -0.473 e. The first kappa shape index (κ1) is 9.70. The topological polar surface area (TPSA) is 73.9 Å². The summed E-state index contributed by atoms with van der Waals surface area (Å²) in [5, 5.41) is 0. The largest absolute Gasteiger partial charge is 0.473 e. The van der Waals surface area contributed by atoms with E-state index in [4.69, 9.17) is 9.15 Å². The van der Waals surface area contributed by atoms with Crippen LogP contribution in [0, 0.1) is 6.92 Å². The summed E-state index contributed by atoms with van der Waals surface area (Å²) in [5.74, 6) is 0.435. The van der Waals surface area contributed by atoms with E-state index in [1.54, 1.807) is 6.92 Å². The van der Waals surface area contributed by atoms with E-state index < -0.39 is 12.0 Å². The summed E-state index contributed by atoms with van der Waals surface area (Å²) in [4.78, 5) is 19.2. The van der Waals surface area contributed by atoms with Crippen LogP contribution in [-0.4, -0.2) is 36.6 Å². The molecule has 6 heteroatoms. The Hall–Kier alpha value is -1.85. The lowest BCUT2D eigenvalue weighted by Crippen LogP contribution is -2.21. The van der Waals surface area contributed by atoms with Gasteiger partial charge in [0.25, 0.3) is 0 Å². The van der Waals surface area contributed by atoms with E-state index in [1.165, 1.54) is 13.4 Å². The van der Waals surface area contributed by atoms with Crippen LogP contribution in [0.1, 0.15) is 11.6 Å². The van der Waals surface area contributed by atoms with Gasteiger partial charge in [0.15, 0.2) is 17.6 Å². The molecule has 1 unspecified atom stereocenters. The Labute approximate surface area is 85.9 Å². The van der Waals surface area contributed by atoms with E-state index in [2.05, 4.69) is 14.7 Å². The van der Waals surface area contributed by atoms with Crippen molar-refractivity contribution < 1.29 is 18.7 Å². The maximum absolute atomic E-state index is 11.1. The van der Waals surface area contributed by atoms with E-state index in [0.717, 1.165) is 0 Å². The Balaban J connectivity index is 2.16. The molecule has 0 fully saturated rings. The Bertz CT molecular complexity index is 410. The van der Waals surface area contributed by atoms with Crippen molar-refractivity contribution in [2.24, 2.45) is 4.99 Å². The average Bonchev–Trinajstić information content (AvgIpc) is 2.84. The molecule has 0 saturated carbocycles. The number of aryl methyl sites for hydroxylation is 1. The zero-order valence-electron chi connectivity index (χ0n) is 8.39. The number of hydrogen-bond donors (Lipinski definition) is 0. The number of rotatable bonds is 2. The normalized spacial score (nSPS) is 19.6. The predicted octanol–water partition coefficient (Wildman–Crippen LogP) is 0.301. The van der Waals surface area contributed by atoms with Crippen LogP contribution in [0.15, 0.2) is 15.7 Å². The Morgan fingerprint density at radius 1 is 1.67 bits per heavy atom. The number of carbonyl (C=O) groups is 1. The smallest absolute Gasteiger partial charge is 0.334 e. The molecule has 6 nitrogen and oxygen atoms in total. The number of aliphatic imine (C=N–C) groups is 1. The Kier molecular flexibility index (Phi) is 2.40. The van der Waals surface area contributed by atoms with Gasteiger partial charge in [0.1, 0.15) is 12.9 Å². The van der Waals surface area contributed by atoms with Crippen molar-refractivity contribution in [2.45, 2.75) is 13.0 Å². The lowest BCUT2D eigenvalue weighted by atomic mass is 10.3. The van der Waals surface area contributed by atoms with Crippen LogP contribution in [0.4, 0.5) is 0 Å². The highest BCUT2D eigenvalue weighted by atomic mass is 16.5. The molecule has 0 aromatic carbocycles. The molecule has 2 heterocycles. The van der Waals surface area contributed by atoms with Crippen molar-refractivity contribution in [3.05, 3.63) is 17.8 Å². The predicted molar refractivity (Wildman–Crippen MR) is 49.5 cm³/mol. The molecule has 1 aromatic heterocycles. The standard InChI is InChI=1S/C9H10N2O4/c1-5-10-6(3-14-5)8-11-7(4-15-8)9(12)13-2/h3,7H,4H2,1-2H3. The first-order valence-electron chi connectivity index (χ1n) is 4.41. The lowest BCUT2D eigenvalue weighted by molar-refractivity contribution is -0.142. The van der Waals surface area contributed by atoms with Crippen molar-refractivity contribution in [2.75, 3.05) is 13.7 Å². The summed E-state index contributed by atoms with van der Waals surface area (Å²) in [6, 6.07) is -0.595. The highest BCUT2D eigenvalue weighted by Gasteiger charge is 2.28. The quantitative estimate of drug-likeness (QED) is 0.656. The van der Waals surface area contributed by atoms with Gasteiger partial charge in [0, 0.05) is 6.92 Å². The van der Waals surface area contributed by atoms with Crippen LogP contribution in [0.2, 0.25) is 0 Å². The van der Waals surface area contributed by atoms with Crippen LogP contribution < -0.4 is 0 Å². The molecular formula is C9H10N2O4. The van der Waals surface area contributed by atoms with E-state index in [9.17, 15) is 4.79 Å². The van der Waals surface area contributed by atoms with Gasteiger partial charge in [0.05, 0.1) is 7.11 Å². The number of nitrogens with zero attached hydrogens (tertiary/aromatic N) is 2. The summed E-state index contributed by atoms with van der Waals surface area (Å²) in [6.07, 6.45) is 1.44. The molecule has 0 aliphatic carbocycles. The fraction of sp³-hybridized carbons (Fsp3) is 0.444. The van der Waals surface area contributed by atoms with Crippen LogP contribution >= 0.6 is 0 Å². The van der Waals surface area contributed by atoms with Crippen LogP contribution in [0.25, 0.3) is 0 Å². The maximum atomic E-state index is 11.1. The van der Waals surface area contributed by atoms with E-state index in [0.29, 0.717) is 17.5 Å². The Morgan fingerprint density at radius 2 is 2.47 bits per heavy atom. The highest BCUT2D eigenvalue weighted by molar-refractivity contribution is 5.95. The molecule has 1 aliphatic rings. The molecule has 0 amide bonds. The van der Waals surface area contributed by atoms with Gasteiger partial charge < -0.3 is 13.9 Å². The number of ether oxygens (including phenoxy) is 2. The molecule has 2 rings (SSSR count). The summed E-state index contributed by atoms with van der Waals surface area (Å²) in [7, 11) is 1.32. The number of oxazole rings is 1. The van der Waals surface area contributed by atoms with Gasteiger partial charge in [-0.2, -0.15) is 0 Å². The first-order valence-corrected chi connectivity index (χ1v) is 4.41. The molecule has 0 radical (unpaired) electrons. The molecule has 0 bridgehead atoms. The molecule has 0 saturated heterocycles. The third-order valence-corrected chi connectivity index (χ3v) is 1.96. The van der Waals surface area contributed by atoms with Gasteiger partial charge in [-0.1, -0.05) is 0 Å². The zero-order chi connectivity index (χ0) is 10.8. The minimum absolute atomic E-state index is 0.188. The van der Waals surface area contributed by atoms with E-state index in [1.807, 2.05) is 0 Å². The van der Waals surface area contributed by atoms with Crippen molar-refractivity contribution in [3.63, 3.8) is 0 Å². The van der Waals surface area contributed by atoms with E-state index in [-0.39, 0.29) is 6.61 Å². The summed E-state index contributed by atoms with van der Waals surface area (Å²) in [5.41, 5.74) is 0.499. The fourth-order valence-corrected chi connectivity index (χ4v) is 1.23. The van der Waals surface area contributed by atoms with Crippen molar-refractivity contribution in [1.82, 2.24) is 4.98 Å². The monoisotopic (exact) mass is 210 g/mol. The molecule has 0 N–H and O–H groups in total. The lowest BCUT2D eigenvalue weighted by Gasteiger charge is -1.99. The molecule has 1 aliphatic heterocycles. The summed E-state index contributed by atoms with van der Waals surface area (Å²) >= 11 is 0. The SMILES string of the molecule is COC(=O)C1COC(c2coc(C)n2)=N1. The number of esters is 1. The van der Waals surface area contributed by atoms with Crippen molar-refractivity contribution in [3.8, 4) is 0 Å². The molecular weight excluding hydrogens is 200 g/mol.